The van der Waals surface area contributed by atoms with E-state index in [1.165, 1.54) is 29.5 Å². The number of anilines is 1. The van der Waals surface area contributed by atoms with Crippen LogP contribution < -0.4 is 10.5 Å². The number of nitrogens with two attached hydrogens (primary N) is 1. The van der Waals surface area contributed by atoms with Gasteiger partial charge in [0.1, 0.15) is 10.7 Å². The van der Waals surface area contributed by atoms with Crippen LogP contribution in [0.3, 0.4) is 0 Å². The molecule has 2 rings (SSSR count). The Kier molecular flexibility index (Phi) is 4.33. The molecular formula is C12H12ClFN2O2S2. The van der Waals surface area contributed by atoms with Gasteiger partial charge in [-0.05, 0) is 31.2 Å². The van der Waals surface area contributed by atoms with Gasteiger partial charge in [0.05, 0.1) is 10.7 Å². The van der Waals surface area contributed by atoms with Crippen molar-refractivity contribution in [2.75, 3.05) is 4.72 Å². The van der Waals surface area contributed by atoms with E-state index in [0.29, 0.717) is 4.88 Å². The molecule has 0 bridgehead atoms. The molecule has 20 heavy (non-hydrogen) atoms. The lowest BCUT2D eigenvalue weighted by Crippen LogP contribution is -2.13. The van der Waals surface area contributed by atoms with Crippen LogP contribution in [0, 0.1) is 12.7 Å². The van der Waals surface area contributed by atoms with Crippen molar-refractivity contribution < 1.29 is 12.8 Å². The number of rotatable bonds is 4. The van der Waals surface area contributed by atoms with Gasteiger partial charge in [-0.1, -0.05) is 11.6 Å². The molecule has 0 aliphatic heterocycles. The number of hydrogen-bond donors (Lipinski definition) is 2. The number of halogens is 2. The van der Waals surface area contributed by atoms with Gasteiger partial charge in [0.25, 0.3) is 10.0 Å². The molecular weight excluding hydrogens is 323 g/mol. The zero-order valence-electron chi connectivity index (χ0n) is 10.5. The molecule has 108 valence electrons. The van der Waals surface area contributed by atoms with Crippen molar-refractivity contribution in [2.45, 2.75) is 18.4 Å². The van der Waals surface area contributed by atoms with Crippen molar-refractivity contribution in [3.05, 3.63) is 44.9 Å². The average molecular weight is 335 g/mol. The standard InChI is InChI=1S/C12H12ClFN2O2S2/c1-7-12(5-9(6-15)19-7)20(17,18)16-8-2-3-11(14)10(13)4-8/h2-5,16H,6,15H2,1H3. The first-order valence-electron chi connectivity index (χ1n) is 5.60. The Hall–Kier alpha value is -1.15. The lowest BCUT2D eigenvalue weighted by Gasteiger charge is -2.08. The van der Waals surface area contributed by atoms with Gasteiger partial charge < -0.3 is 5.73 Å². The molecule has 8 heteroatoms. The highest BCUT2D eigenvalue weighted by Crippen LogP contribution is 2.28. The van der Waals surface area contributed by atoms with Gasteiger partial charge in [-0.15, -0.1) is 11.3 Å². The summed E-state index contributed by atoms with van der Waals surface area (Å²) < 4.78 is 39.9. The molecule has 0 amide bonds. The van der Waals surface area contributed by atoms with Gasteiger partial charge in [0, 0.05) is 16.3 Å². The second-order valence-electron chi connectivity index (χ2n) is 4.07. The van der Waals surface area contributed by atoms with Gasteiger partial charge in [0.15, 0.2) is 0 Å². The lowest BCUT2D eigenvalue weighted by atomic mass is 10.3. The van der Waals surface area contributed by atoms with Gasteiger partial charge in [0.2, 0.25) is 0 Å². The summed E-state index contributed by atoms with van der Waals surface area (Å²) in [5.74, 6) is -0.605. The Bertz CT molecular complexity index is 744. The van der Waals surface area contributed by atoms with Gasteiger partial charge in [-0.25, -0.2) is 12.8 Å². The molecule has 0 aliphatic rings. The Labute approximate surface area is 125 Å². The van der Waals surface area contributed by atoms with E-state index >= 15 is 0 Å². The van der Waals surface area contributed by atoms with Crippen LogP contribution in [0.1, 0.15) is 9.75 Å². The fourth-order valence-corrected chi connectivity index (χ4v) is 4.41. The minimum Gasteiger partial charge on any atom is -0.326 e. The Morgan fingerprint density at radius 3 is 2.65 bits per heavy atom. The third-order valence-corrected chi connectivity index (χ3v) is 5.58. The van der Waals surface area contributed by atoms with E-state index in [-0.39, 0.29) is 22.2 Å². The zero-order valence-corrected chi connectivity index (χ0v) is 12.9. The summed E-state index contributed by atoms with van der Waals surface area (Å²) in [7, 11) is -3.74. The lowest BCUT2D eigenvalue weighted by molar-refractivity contribution is 0.601. The largest absolute Gasteiger partial charge is 0.326 e. The first-order valence-corrected chi connectivity index (χ1v) is 8.28. The van der Waals surface area contributed by atoms with Crippen LogP contribution in [-0.2, 0) is 16.6 Å². The Balaban J connectivity index is 2.35. The highest BCUT2D eigenvalue weighted by molar-refractivity contribution is 7.93. The second kappa shape index (κ2) is 5.69. The minimum absolute atomic E-state index is 0.144. The van der Waals surface area contributed by atoms with Crippen LogP contribution in [0.5, 0.6) is 0 Å². The molecule has 3 N–H and O–H groups in total. The number of thiophene rings is 1. The van der Waals surface area contributed by atoms with Crippen molar-refractivity contribution in [2.24, 2.45) is 5.73 Å². The van der Waals surface area contributed by atoms with Gasteiger partial charge >= 0.3 is 0 Å². The Morgan fingerprint density at radius 2 is 2.10 bits per heavy atom. The molecule has 0 unspecified atom stereocenters. The fraction of sp³-hybridized carbons (Fsp3) is 0.167. The summed E-state index contributed by atoms with van der Waals surface area (Å²) in [6.07, 6.45) is 0. The summed E-state index contributed by atoms with van der Waals surface area (Å²) >= 11 is 6.95. The molecule has 1 heterocycles. The maximum Gasteiger partial charge on any atom is 0.263 e. The van der Waals surface area contributed by atoms with Crippen LogP contribution >= 0.6 is 22.9 Å². The van der Waals surface area contributed by atoms with Crippen LogP contribution in [-0.4, -0.2) is 8.42 Å². The number of benzene rings is 1. The molecule has 0 radical (unpaired) electrons. The molecule has 0 atom stereocenters. The summed E-state index contributed by atoms with van der Waals surface area (Å²) in [5, 5.41) is -0.144. The van der Waals surface area contributed by atoms with Crippen molar-refractivity contribution in [1.82, 2.24) is 0 Å². The normalized spacial score (nSPS) is 11.6. The first kappa shape index (κ1) is 15.2. The maximum atomic E-state index is 13.0. The second-order valence-corrected chi connectivity index (χ2v) is 7.47. The summed E-state index contributed by atoms with van der Waals surface area (Å²) in [4.78, 5) is 1.59. The molecule has 0 saturated carbocycles. The van der Waals surface area contributed by atoms with Crippen molar-refractivity contribution >= 4 is 38.6 Å². The molecule has 0 fully saturated rings. The van der Waals surface area contributed by atoms with Gasteiger partial charge in [-0.2, -0.15) is 0 Å². The van der Waals surface area contributed by atoms with Crippen LogP contribution in [0.15, 0.2) is 29.2 Å². The van der Waals surface area contributed by atoms with E-state index in [1.807, 2.05) is 0 Å². The maximum absolute atomic E-state index is 13.0. The number of hydrogen-bond acceptors (Lipinski definition) is 4. The van der Waals surface area contributed by atoms with Crippen LogP contribution in [0.4, 0.5) is 10.1 Å². The van der Waals surface area contributed by atoms with E-state index in [1.54, 1.807) is 6.92 Å². The third-order valence-electron chi connectivity index (χ3n) is 2.59. The first-order chi connectivity index (χ1) is 9.33. The fourth-order valence-electron chi connectivity index (χ4n) is 1.66. The monoisotopic (exact) mass is 334 g/mol. The zero-order chi connectivity index (χ0) is 14.9. The molecule has 4 nitrogen and oxygen atoms in total. The van der Waals surface area contributed by atoms with E-state index < -0.39 is 15.8 Å². The molecule has 0 aliphatic carbocycles. The topological polar surface area (TPSA) is 72.2 Å². The molecule has 0 saturated heterocycles. The van der Waals surface area contributed by atoms with E-state index in [0.717, 1.165) is 10.9 Å². The van der Waals surface area contributed by atoms with E-state index in [9.17, 15) is 12.8 Å². The number of aryl methyl sites for hydroxylation is 1. The van der Waals surface area contributed by atoms with Crippen LogP contribution in [0.25, 0.3) is 0 Å². The smallest absolute Gasteiger partial charge is 0.263 e. The molecule has 1 aromatic carbocycles. The molecule has 0 spiro atoms. The molecule has 2 aromatic rings. The van der Waals surface area contributed by atoms with Crippen molar-refractivity contribution in [1.29, 1.82) is 0 Å². The van der Waals surface area contributed by atoms with Crippen molar-refractivity contribution in [3.63, 3.8) is 0 Å². The van der Waals surface area contributed by atoms with E-state index in [2.05, 4.69) is 4.72 Å². The van der Waals surface area contributed by atoms with Crippen LogP contribution in [0.2, 0.25) is 5.02 Å². The van der Waals surface area contributed by atoms with E-state index in [4.69, 9.17) is 17.3 Å². The number of sulfonamides is 1. The average Bonchev–Trinajstić information content (AvgIpc) is 2.76. The predicted molar refractivity (Wildman–Crippen MR) is 79.2 cm³/mol. The number of nitrogens with one attached hydrogen (secondary N) is 1. The Morgan fingerprint density at radius 1 is 1.40 bits per heavy atom. The summed E-state index contributed by atoms with van der Waals surface area (Å²) in [5.41, 5.74) is 5.71. The summed E-state index contributed by atoms with van der Waals surface area (Å²) in [6.45, 7) is 1.99. The SMILES string of the molecule is Cc1sc(CN)cc1S(=O)(=O)Nc1ccc(F)c(Cl)c1. The van der Waals surface area contributed by atoms with Crippen molar-refractivity contribution in [3.8, 4) is 0 Å². The summed E-state index contributed by atoms with van der Waals surface area (Å²) in [6, 6.07) is 5.17. The third kappa shape index (κ3) is 3.12. The predicted octanol–water partition coefficient (Wildman–Crippen LogP) is 3.11. The minimum atomic E-state index is -3.74. The highest BCUT2D eigenvalue weighted by atomic mass is 35.5. The van der Waals surface area contributed by atoms with Gasteiger partial charge in [-0.3, -0.25) is 4.72 Å². The highest BCUT2D eigenvalue weighted by Gasteiger charge is 2.20. The quantitative estimate of drug-likeness (QED) is 0.902. The molecule has 1 aromatic heterocycles.